The third kappa shape index (κ3) is 3.45. The van der Waals surface area contributed by atoms with Crippen LogP contribution in [0, 0.1) is 0 Å². The molecule has 24 heavy (non-hydrogen) atoms. The Bertz CT molecular complexity index is 806. The van der Waals surface area contributed by atoms with E-state index < -0.39 is 0 Å². The Hall–Kier alpha value is -1.89. The van der Waals surface area contributed by atoms with Crippen molar-refractivity contribution in [3.05, 3.63) is 42.2 Å². The highest BCUT2D eigenvalue weighted by Crippen LogP contribution is 2.31. The summed E-state index contributed by atoms with van der Waals surface area (Å²) in [5, 5.41) is 6.97. The van der Waals surface area contributed by atoms with Crippen LogP contribution in [0.3, 0.4) is 0 Å². The van der Waals surface area contributed by atoms with Crippen molar-refractivity contribution in [1.29, 1.82) is 0 Å². The molecule has 1 aliphatic heterocycles. The third-order valence-corrected chi connectivity index (χ3v) is 5.03. The van der Waals surface area contributed by atoms with E-state index in [-0.39, 0.29) is 24.4 Å². The summed E-state index contributed by atoms with van der Waals surface area (Å²) in [6, 6.07) is 11.8. The van der Waals surface area contributed by atoms with Gasteiger partial charge in [0.1, 0.15) is 5.76 Å². The SMILES string of the molecule is Cl.O=C(NCc1ccc(-c2nc3ccccc3s2)o1)C1CCCN1. The van der Waals surface area contributed by atoms with Gasteiger partial charge in [-0.1, -0.05) is 12.1 Å². The molecule has 0 saturated carbocycles. The minimum Gasteiger partial charge on any atom is -0.457 e. The highest BCUT2D eigenvalue weighted by Gasteiger charge is 2.21. The highest BCUT2D eigenvalue weighted by molar-refractivity contribution is 7.21. The maximum Gasteiger partial charge on any atom is 0.237 e. The van der Waals surface area contributed by atoms with Crippen LogP contribution in [-0.2, 0) is 11.3 Å². The number of furan rings is 1. The van der Waals surface area contributed by atoms with Crippen LogP contribution in [0.25, 0.3) is 21.0 Å². The topological polar surface area (TPSA) is 67.2 Å². The summed E-state index contributed by atoms with van der Waals surface area (Å²) in [7, 11) is 0. The number of benzene rings is 1. The molecule has 7 heteroatoms. The summed E-state index contributed by atoms with van der Waals surface area (Å²) in [4.78, 5) is 16.6. The zero-order chi connectivity index (χ0) is 15.6. The molecule has 0 bridgehead atoms. The zero-order valence-corrected chi connectivity index (χ0v) is 14.6. The van der Waals surface area contributed by atoms with Crippen LogP contribution < -0.4 is 10.6 Å². The fourth-order valence-electron chi connectivity index (χ4n) is 2.77. The second kappa shape index (κ2) is 7.34. The zero-order valence-electron chi connectivity index (χ0n) is 13.0. The van der Waals surface area contributed by atoms with Crippen LogP contribution in [0.2, 0.25) is 0 Å². The summed E-state index contributed by atoms with van der Waals surface area (Å²) < 4.78 is 6.96. The Morgan fingerprint density at radius 1 is 1.33 bits per heavy atom. The van der Waals surface area contributed by atoms with Gasteiger partial charge in [-0.15, -0.1) is 23.7 Å². The minimum atomic E-state index is -0.0614. The molecule has 0 aliphatic carbocycles. The van der Waals surface area contributed by atoms with Crippen molar-refractivity contribution in [3.63, 3.8) is 0 Å². The Balaban J connectivity index is 0.00000169. The molecule has 3 aromatic rings. The number of fused-ring (bicyclic) bond motifs is 1. The molecule has 5 nitrogen and oxygen atoms in total. The van der Waals surface area contributed by atoms with E-state index in [1.165, 1.54) is 0 Å². The average molecular weight is 364 g/mol. The van der Waals surface area contributed by atoms with E-state index in [2.05, 4.69) is 21.7 Å². The summed E-state index contributed by atoms with van der Waals surface area (Å²) in [6.07, 6.45) is 1.96. The molecule has 1 saturated heterocycles. The van der Waals surface area contributed by atoms with Crippen LogP contribution in [-0.4, -0.2) is 23.5 Å². The summed E-state index contributed by atoms with van der Waals surface area (Å²) >= 11 is 1.61. The predicted molar refractivity (Wildman–Crippen MR) is 97.4 cm³/mol. The molecule has 1 aliphatic rings. The van der Waals surface area contributed by atoms with E-state index in [0.29, 0.717) is 6.54 Å². The highest BCUT2D eigenvalue weighted by atomic mass is 35.5. The molecule has 1 aromatic carbocycles. The van der Waals surface area contributed by atoms with Gasteiger partial charge in [0.25, 0.3) is 0 Å². The van der Waals surface area contributed by atoms with Gasteiger partial charge in [-0.3, -0.25) is 4.79 Å². The number of carbonyl (C=O) groups excluding carboxylic acids is 1. The smallest absolute Gasteiger partial charge is 0.237 e. The van der Waals surface area contributed by atoms with E-state index in [4.69, 9.17) is 4.42 Å². The standard InChI is InChI=1S/C17H17N3O2S.ClH/c21-16(13-5-3-9-18-13)19-10-11-7-8-14(22-11)17-20-12-4-1-2-6-15(12)23-17;/h1-2,4,6-8,13,18H,3,5,9-10H2,(H,19,21);1H. The fraction of sp³-hybridized carbons (Fsp3) is 0.294. The Labute approximate surface area is 149 Å². The molecule has 3 heterocycles. The average Bonchev–Trinajstić information content (AvgIpc) is 3.31. The molecule has 4 rings (SSSR count). The lowest BCUT2D eigenvalue weighted by molar-refractivity contribution is -0.123. The fourth-order valence-corrected chi connectivity index (χ4v) is 3.70. The number of hydrogen-bond donors (Lipinski definition) is 2. The molecule has 1 unspecified atom stereocenters. The lowest BCUT2D eigenvalue weighted by Gasteiger charge is -2.09. The van der Waals surface area contributed by atoms with Crippen LogP contribution in [0.4, 0.5) is 0 Å². The molecule has 2 N–H and O–H groups in total. The van der Waals surface area contributed by atoms with Gasteiger partial charge in [0.2, 0.25) is 5.91 Å². The number of aromatic nitrogens is 1. The normalized spacial score (nSPS) is 16.9. The number of halogens is 1. The number of hydrogen-bond acceptors (Lipinski definition) is 5. The first-order valence-corrected chi connectivity index (χ1v) is 8.57. The molecule has 1 amide bonds. The predicted octanol–water partition coefficient (Wildman–Crippen LogP) is 3.35. The first-order valence-electron chi connectivity index (χ1n) is 7.75. The largest absolute Gasteiger partial charge is 0.457 e. The summed E-state index contributed by atoms with van der Waals surface area (Å²) in [5.41, 5.74) is 0.978. The molecular formula is C17H18ClN3O2S. The van der Waals surface area contributed by atoms with Gasteiger partial charge >= 0.3 is 0 Å². The second-order valence-electron chi connectivity index (χ2n) is 5.62. The maximum atomic E-state index is 12.0. The Kier molecular flexibility index (Phi) is 5.18. The number of nitrogens with zero attached hydrogens (tertiary/aromatic N) is 1. The first-order chi connectivity index (χ1) is 11.3. The van der Waals surface area contributed by atoms with Crippen LogP contribution >= 0.6 is 23.7 Å². The van der Waals surface area contributed by atoms with Crippen molar-refractivity contribution in [1.82, 2.24) is 15.6 Å². The van der Waals surface area contributed by atoms with Crippen molar-refractivity contribution in [3.8, 4) is 10.8 Å². The van der Waals surface area contributed by atoms with Gasteiger partial charge in [0.15, 0.2) is 10.8 Å². The molecular weight excluding hydrogens is 346 g/mol. The quantitative estimate of drug-likeness (QED) is 0.746. The van der Waals surface area contributed by atoms with Crippen LogP contribution in [0.5, 0.6) is 0 Å². The van der Waals surface area contributed by atoms with Gasteiger partial charge < -0.3 is 15.1 Å². The van der Waals surface area contributed by atoms with Crippen molar-refractivity contribution >= 4 is 39.9 Å². The number of para-hydroxylation sites is 1. The number of thiazole rings is 1. The van der Waals surface area contributed by atoms with Gasteiger partial charge in [-0.25, -0.2) is 4.98 Å². The van der Waals surface area contributed by atoms with E-state index in [1.807, 2.05) is 30.3 Å². The molecule has 1 atom stereocenters. The lowest BCUT2D eigenvalue weighted by atomic mass is 10.2. The second-order valence-corrected chi connectivity index (χ2v) is 6.65. The molecule has 0 radical (unpaired) electrons. The van der Waals surface area contributed by atoms with Gasteiger partial charge in [-0.05, 0) is 43.7 Å². The maximum absolute atomic E-state index is 12.0. The van der Waals surface area contributed by atoms with Gasteiger partial charge in [-0.2, -0.15) is 0 Å². The van der Waals surface area contributed by atoms with E-state index >= 15 is 0 Å². The molecule has 2 aromatic heterocycles. The van der Waals surface area contributed by atoms with E-state index in [9.17, 15) is 4.79 Å². The van der Waals surface area contributed by atoms with Crippen molar-refractivity contribution in [2.24, 2.45) is 0 Å². The lowest BCUT2D eigenvalue weighted by Crippen LogP contribution is -2.39. The first kappa shape index (κ1) is 17.0. The van der Waals surface area contributed by atoms with E-state index in [1.54, 1.807) is 11.3 Å². The number of carbonyl (C=O) groups is 1. The third-order valence-electron chi connectivity index (χ3n) is 3.98. The summed E-state index contributed by atoms with van der Waals surface area (Å²) in [5.74, 6) is 1.53. The molecule has 126 valence electrons. The van der Waals surface area contributed by atoms with Crippen LogP contribution in [0.1, 0.15) is 18.6 Å². The minimum absolute atomic E-state index is 0. The Morgan fingerprint density at radius 3 is 3.00 bits per heavy atom. The van der Waals surface area contributed by atoms with Gasteiger partial charge in [0.05, 0.1) is 22.8 Å². The van der Waals surface area contributed by atoms with Crippen molar-refractivity contribution in [2.45, 2.75) is 25.4 Å². The number of amides is 1. The number of nitrogens with one attached hydrogen (secondary N) is 2. The number of rotatable bonds is 4. The van der Waals surface area contributed by atoms with Crippen LogP contribution in [0.15, 0.2) is 40.8 Å². The van der Waals surface area contributed by atoms with Crippen molar-refractivity contribution < 1.29 is 9.21 Å². The summed E-state index contributed by atoms with van der Waals surface area (Å²) in [6.45, 7) is 1.32. The van der Waals surface area contributed by atoms with Gasteiger partial charge in [0, 0.05) is 0 Å². The molecule has 0 spiro atoms. The monoisotopic (exact) mass is 363 g/mol. The van der Waals surface area contributed by atoms with E-state index in [0.717, 1.165) is 46.1 Å². The van der Waals surface area contributed by atoms with Crippen molar-refractivity contribution in [2.75, 3.05) is 6.54 Å². The molecule has 1 fully saturated rings. The Morgan fingerprint density at radius 2 is 2.21 bits per heavy atom.